The van der Waals surface area contributed by atoms with E-state index in [9.17, 15) is 0 Å². The zero-order valence-corrected chi connectivity index (χ0v) is 9.62. The molecule has 0 aliphatic heterocycles. The van der Waals surface area contributed by atoms with Gasteiger partial charge in [-0.05, 0) is 23.9 Å². The molecule has 0 radical (unpaired) electrons. The van der Waals surface area contributed by atoms with E-state index >= 15 is 0 Å². The van der Waals surface area contributed by atoms with Gasteiger partial charge in [0.25, 0.3) is 0 Å². The van der Waals surface area contributed by atoms with Crippen molar-refractivity contribution in [3.63, 3.8) is 0 Å². The molecule has 1 unspecified atom stereocenters. The lowest BCUT2D eigenvalue weighted by Crippen LogP contribution is -2.21. The van der Waals surface area contributed by atoms with Gasteiger partial charge < -0.3 is 5.32 Å². The SMILES string of the molecule is CCNC(C)c1nnnn1-c1cnn(C)c1. The third kappa shape index (κ3) is 1.94. The highest BCUT2D eigenvalue weighted by Crippen LogP contribution is 2.12. The van der Waals surface area contributed by atoms with Crippen LogP contribution in [0.25, 0.3) is 5.69 Å². The predicted molar refractivity (Wildman–Crippen MR) is 58.0 cm³/mol. The summed E-state index contributed by atoms with van der Waals surface area (Å²) in [5.74, 6) is 0.787. The highest BCUT2D eigenvalue weighted by molar-refractivity contribution is 5.24. The topological polar surface area (TPSA) is 73.5 Å². The Bertz CT molecular complexity index is 458. The van der Waals surface area contributed by atoms with Gasteiger partial charge in [0.1, 0.15) is 5.69 Å². The van der Waals surface area contributed by atoms with E-state index in [2.05, 4.69) is 32.9 Å². The van der Waals surface area contributed by atoms with Crippen molar-refractivity contribution in [1.29, 1.82) is 0 Å². The average Bonchev–Trinajstić information content (AvgIpc) is 2.85. The van der Waals surface area contributed by atoms with Crippen LogP contribution in [0.15, 0.2) is 12.4 Å². The predicted octanol–water partition coefficient (Wildman–Crippen LogP) is 0.0663. The minimum atomic E-state index is 0.111. The van der Waals surface area contributed by atoms with Crippen LogP contribution in [0, 0.1) is 0 Å². The van der Waals surface area contributed by atoms with Crippen molar-refractivity contribution in [2.45, 2.75) is 19.9 Å². The van der Waals surface area contributed by atoms with Gasteiger partial charge in [-0.25, -0.2) is 0 Å². The van der Waals surface area contributed by atoms with Crippen molar-refractivity contribution in [3.8, 4) is 5.69 Å². The molecule has 7 heteroatoms. The first kappa shape index (κ1) is 10.7. The van der Waals surface area contributed by atoms with E-state index in [0.717, 1.165) is 18.1 Å². The number of rotatable bonds is 4. The average molecular weight is 221 g/mol. The lowest BCUT2D eigenvalue weighted by Gasteiger charge is -2.10. The number of tetrazole rings is 1. The number of aromatic nitrogens is 6. The Morgan fingerprint density at radius 3 is 2.94 bits per heavy atom. The third-order valence-corrected chi connectivity index (χ3v) is 2.33. The summed E-state index contributed by atoms with van der Waals surface area (Å²) in [6.45, 7) is 4.96. The maximum atomic E-state index is 4.10. The number of aryl methyl sites for hydroxylation is 1. The van der Waals surface area contributed by atoms with Crippen LogP contribution in [0.3, 0.4) is 0 Å². The number of nitrogens with one attached hydrogen (secondary N) is 1. The molecule has 2 aromatic heterocycles. The van der Waals surface area contributed by atoms with Crippen molar-refractivity contribution >= 4 is 0 Å². The molecule has 0 fully saturated rings. The van der Waals surface area contributed by atoms with Gasteiger partial charge in [0.15, 0.2) is 5.82 Å². The van der Waals surface area contributed by atoms with E-state index in [1.807, 2.05) is 20.2 Å². The van der Waals surface area contributed by atoms with Crippen LogP contribution < -0.4 is 5.32 Å². The van der Waals surface area contributed by atoms with Crippen LogP contribution >= 0.6 is 0 Å². The van der Waals surface area contributed by atoms with E-state index in [0.29, 0.717) is 0 Å². The van der Waals surface area contributed by atoms with Crippen LogP contribution in [0.2, 0.25) is 0 Å². The Hall–Kier alpha value is -1.76. The molecule has 0 spiro atoms. The summed E-state index contributed by atoms with van der Waals surface area (Å²) >= 11 is 0. The van der Waals surface area contributed by atoms with Crippen molar-refractivity contribution < 1.29 is 0 Å². The fourth-order valence-electron chi connectivity index (χ4n) is 1.56. The van der Waals surface area contributed by atoms with E-state index in [1.165, 1.54) is 0 Å². The Morgan fingerprint density at radius 2 is 2.31 bits per heavy atom. The highest BCUT2D eigenvalue weighted by atomic mass is 15.6. The smallest absolute Gasteiger partial charge is 0.173 e. The maximum absolute atomic E-state index is 4.10. The quantitative estimate of drug-likeness (QED) is 0.790. The van der Waals surface area contributed by atoms with Crippen molar-refractivity contribution in [3.05, 3.63) is 18.2 Å². The molecule has 0 aromatic carbocycles. The molecule has 0 bridgehead atoms. The van der Waals surface area contributed by atoms with Gasteiger partial charge in [-0.15, -0.1) is 5.10 Å². The Kier molecular flexibility index (Phi) is 2.95. The van der Waals surface area contributed by atoms with Gasteiger partial charge in [-0.2, -0.15) is 9.78 Å². The van der Waals surface area contributed by atoms with Crippen molar-refractivity contribution in [1.82, 2.24) is 35.3 Å². The summed E-state index contributed by atoms with van der Waals surface area (Å²) in [5.41, 5.74) is 0.868. The lowest BCUT2D eigenvalue weighted by molar-refractivity contribution is 0.550. The molecule has 1 N–H and O–H groups in total. The molecule has 2 heterocycles. The fourth-order valence-corrected chi connectivity index (χ4v) is 1.56. The molecule has 0 saturated heterocycles. The Labute approximate surface area is 93.5 Å². The van der Waals surface area contributed by atoms with Crippen molar-refractivity contribution in [2.75, 3.05) is 6.54 Å². The fraction of sp³-hybridized carbons (Fsp3) is 0.556. The molecule has 2 aromatic rings. The first-order valence-corrected chi connectivity index (χ1v) is 5.23. The molecule has 0 saturated carbocycles. The summed E-state index contributed by atoms with van der Waals surface area (Å²) in [5, 5.41) is 19.1. The minimum absolute atomic E-state index is 0.111. The van der Waals surface area contributed by atoms with Gasteiger partial charge >= 0.3 is 0 Å². The molecule has 7 nitrogen and oxygen atoms in total. The van der Waals surface area contributed by atoms with Crippen LogP contribution in [0.5, 0.6) is 0 Å². The molecular weight excluding hydrogens is 206 g/mol. The summed E-state index contributed by atoms with van der Waals surface area (Å²) in [7, 11) is 1.86. The molecule has 16 heavy (non-hydrogen) atoms. The van der Waals surface area contributed by atoms with Gasteiger partial charge in [0, 0.05) is 7.05 Å². The molecule has 2 rings (SSSR count). The zero-order chi connectivity index (χ0) is 11.5. The largest absolute Gasteiger partial charge is 0.308 e. The van der Waals surface area contributed by atoms with Crippen LogP contribution in [-0.2, 0) is 7.05 Å². The molecular formula is C9H15N7. The number of hydrogen-bond donors (Lipinski definition) is 1. The van der Waals surface area contributed by atoms with Crippen molar-refractivity contribution in [2.24, 2.45) is 7.05 Å². The number of nitrogens with zero attached hydrogens (tertiary/aromatic N) is 6. The van der Waals surface area contributed by atoms with E-state index in [1.54, 1.807) is 15.6 Å². The van der Waals surface area contributed by atoms with E-state index in [4.69, 9.17) is 0 Å². The highest BCUT2D eigenvalue weighted by Gasteiger charge is 2.15. The second kappa shape index (κ2) is 4.40. The minimum Gasteiger partial charge on any atom is -0.308 e. The second-order valence-electron chi connectivity index (χ2n) is 3.60. The van der Waals surface area contributed by atoms with Gasteiger partial charge in [-0.3, -0.25) is 4.68 Å². The van der Waals surface area contributed by atoms with Crippen LogP contribution in [0.1, 0.15) is 25.7 Å². The Morgan fingerprint density at radius 1 is 1.50 bits per heavy atom. The summed E-state index contributed by atoms with van der Waals surface area (Å²) in [6.07, 6.45) is 3.61. The molecule has 0 aliphatic carbocycles. The van der Waals surface area contributed by atoms with E-state index < -0.39 is 0 Å². The van der Waals surface area contributed by atoms with Crippen LogP contribution in [-0.4, -0.2) is 36.5 Å². The van der Waals surface area contributed by atoms with Crippen LogP contribution in [0.4, 0.5) is 0 Å². The second-order valence-corrected chi connectivity index (χ2v) is 3.60. The van der Waals surface area contributed by atoms with E-state index in [-0.39, 0.29) is 6.04 Å². The molecule has 1 atom stereocenters. The summed E-state index contributed by atoms with van der Waals surface area (Å²) in [6, 6.07) is 0.111. The molecule has 86 valence electrons. The summed E-state index contributed by atoms with van der Waals surface area (Å²) in [4.78, 5) is 0. The monoisotopic (exact) mass is 221 g/mol. The first-order valence-electron chi connectivity index (χ1n) is 5.23. The van der Waals surface area contributed by atoms with Gasteiger partial charge in [0.2, 0.25) is 0 Å². The molecule has 0 amide bonds. The number of hydrogen-bond acceptors (Lipinski definition) is 5. The third-order valence-electron chi connectivity index (χ3n) is 2.33. The first-order chi connectivity index (χ1) is 7.72. The normalized spacial score (nSPS) is 12.9. The standard InChI is InChI=1S/C9H15N7/c1-4-10-7(2)9-12-13-14-16(9)8-5-11-15(3)6-8/h5-7,10H,4H2,1-3H3. The van der Waals surface area contributed by atoms with Gasteiger partial charge in [0.05, 0.1) is 18.4 Å². The molecule has 0 aliphatic rings. The zero-order valence-electron chi connectivity index (χ0n) is 9.62. The summed E-state index contributed by atoms with van der Waals surface area (Å²) < 4.78 is 3.42. The maximum Gasteiger partial charge on any atom is 0.173 e. The lowest BCUT2D eigenvalue weighted by atomic mass is 10.3. The van der Waals surface area contributed by atoms with Gasteiger partial charge in [-0.1, -0.05) is 6.92 Å². The Balaban J connectivity index is 2.32.